The van der Waals surface area contributed by atoms with Crippen LogP contribution in [0.5, 0.6) is 0 Å². The molecule has 1 fully saturated rings. The van der Waals surface area contributed by atoms with Crippen molar-refractivity contribution < 1.29 is 4.79 Å². The third-order valence-electron chi connectivity index (χ3n) is 3.01. The summed E-state index contributed by atoms with van der Waals surface area (Å²) in [5, 5.41) is 7.19. The van der Waals surface area contributed by atoms with Gasteiger partial charge in [0.2, 0.25) is 5.91 Å². The molecule has 2 heterocycles. The van der Waals surface area contributed by atoms with Crippen molar-refractivity contribution in [2.75, 3.05) is 13.1 Å². The first kappa shape index (κ1) is 12.5. The summed E-state index contributed by atoms with van der Waals surface area (Å²) in [5.41, 5.74) is 0. The third kappa shape index (κ3) is 3.26. The minimum Gasteiger partial charge on any atom is -0.347 e. The maximum absolute atomic E-state index is 11.7. The lowest BCUT2D eigenvalue weighted by Crippen LogP contribution is -2.44. The molecule has 1 unspecified atom stereocenters. The Morgan fingerprint density at radius 3 is 3.00 bits per heavy atom. The van der Waals surface area contributed by atoms with E-state index in [1.807, 2.05) is 13.1 Å². The highest BCUT2D eigenvalue weighted by Gasteiger charge is 2.21. The number of hydrogen-bond donors (Lipinski definition) is 2. The second-order valence-corrected chi connectivity index (χ2v) is 5.68. The molecule has 94 valence electrons. The maximum atomic E-state index is 11.7. The summed E-state index contributed by atoms with van der Waals surface area (Å²) in [6.45, 7) is 6.05. The van der Waals surface area contributed by atoms with Crippen LogP contribution in [-0.4, -0.2) is 24.0 Å². The standard InChI is InChI=1S/C12H19N3OS/c1-3-10-7-14-12(17-10)8(2)15-11(16)4-9-5-13-6-9/h7-9,13H,3-6H2,1-2H3,(H,15,16). The van der Waals surface area contributed by atoms with Gasteiger partial charge in [-0.3, -0.25) is 4.79 Å². The summed E-state index contributed by atoms with van der Waals surface area (Å²) in [4.78, 5) is 17.4. The Bertz CT molecular complexity index is 387. The molecule has 0 spiro atoms. The quantitative estimate of drug-likeness (QED) is 0.836. The van der Waals surface area contributed by atoms with Gasteiger partial charge in [-0.1, -0.05) is 6.92 Å². The van der Waals surface area contributed by atoms with E-state index in [0.29, 0.717) is 12.3 Å². The molecule has 1 aromatic rings. The van der Waals surface area contributed by atoms with Crippen molar-refractivity contribution in [2.24, 2.45) is 5.92 Å². The lowest BCUT2D eigenvalue weighted by Gasteiger charge is -2.26. The molecule has 17 heavy (non-hydrogen) atoms. The fourth-order valence-corrected chi connectivity index (χ4v) is 2.66. The molecule has 2 rings (SSSR count). The van der Waals surface area contributed by atoms with Gasteiger partial charge in [-0.2, -0.15) is 0 Å². The van der Waals surface area contributed by atoms with E-state index in [0.717, 1.165) is 24.5 Å². The van der Waals surface area contributed by atoms with Crippen LogP contribution in [0.3, 0.4) is 0 Å². The monoisotopic (exact) mass is 253 g/mol. The number of carbonyl (C=O) groups is 1. The van der Waals surface area contributed by atoms with Crippen molar-refractivity contribution >= 4 is 17.2 Å². The maximum Gasteiger partial charge on any atom is 0.220 e. The highest BCUT2D eigenvalue weighted by Crippen LogP contribution is 2.20. The number of carbonyl (C=O) groups excluding carboxylic acids is 1. The van der Waals surface area contributed by atoms with Crippen LogP contribution in [0.25, 0.3) is 0 Å². The predicted molar refractivity (Wildman–Crippen MR) is 69.0 cm³/mol. The zero-order chi connectivity index (χ0) is 12.3. The molecule has 1 atom stereocenters. The molecule has 0 aromatic carbocycles. The topological polar surface area (TPSA) is 54.0 Å². The number of aryl methyl sites for hydroxylation is 1. The molecular formula is C12H19N3OS. The molecule has 0 radical (unpaired) electrons. The summed E-state index contributed by atoms with van der Waals surface area (Å²) in [7, 11) is 0. The number of hydrogen-bond acceptors (Lipinski definition) is 4. The van der Waals surface area contributed by atoms with Crippen LogP contribution in [0.1, 0.15) is 36.2 Å². The van der Waals surface area contributed by atoms with Crippen molar-refractivity contribution in [2.45, 2.75) is 32.7 Å². The molecule has 2 N–H and O–H groups in total. The second-order valence-electron chi connectivity index (χ2n) is 4.54. The van der Waals surface area contributed by atoms with Crippen molar-refractivity contribution in [3.63, 3.8) is 0 Å². The predicted octanol–water partition coefficient (Wildman–Crippen LogP) is 1.49. The van der Waals surface area contributed by atoms with E-state index in [-0.39, 0.29) is 11.9 Å². The summed E-state index contributed by atoms with van der Waals surface area (Å²) in [5.74, 6) is 0.655. The van der Waals surface area contributed by atoms with Crippen LogP contribution in [-0.2, 0) is 11.2 Å². The van der Waals surface area contributed by atoms with E-state index in [2.05, 4.69) is 22.5 Å². The zero-order valence-electron chi connectivity index (χ0n) is 10.3. The van der Waals surface area contributed by atoms with Crippen molar-refractivity contribution in [1.82, 2.24) is 15.6 Å². The van der Waals surface area contributed by atoms with Gasteiger partial charge >= 0.3 is 0 Å². The SMILES string of the molecule is CCc1cnc(C(C)NC(=O)CC2CNC2)s1. The van der Waals surface area contributed by atoms with Crippen LogP contribution in [0, 0.1) is 5.92 Å². The first-order chi connectivity index (χ1) is 8.19. The summed E-state index contributed by atoms with van der Waals surface area (Å²) in [6, 6.07) is 0.0286. The second kappa shape index (κ2) is 5.60. The number of thiazole rings is 1. The lowest BCUT2D eigenvalue weighted by atomic mass is 9.99. The molecule has 5 heteroatoms. The number of amides is 1. The molecule has 0 saturated carbocycles. The van der Waals surface area contributed by atoms with Gasteiger partial charge in [-0.15, -0.1) is 11.3 Å². The number of rotatable bonds is 5. The minimum absolute atomic E-state index is 0.0286. The Kier molecular flexibility index (Phi) is 4.12. The van der Waals surface area contributed by atoms with Gasteiger partial charge < -0.3 is 10.6 Å². The highest BCUT2D eigenvalue weighted by atomic mass is 32.1. The van der Waals surface area contributed by atoms with Crippen molar-refractivity contribution in [1.29, 1.82) is 0 Å². The van der Waals surface area contributed by atoms with Crippen molar-refractivity contribution in [3.8, 4) is 0 Å². The summed E-state index contributed by atoms with van der Waals surface area (Å²) in [6.07, 6.45) is 3.54. The van der Waals surface area contributed by atoms with Gasteiger partial charge in [0.05, 0.1) is 6.04 Å². The fraction of sp³-hybridized carbons (Fsp3) is 0.667. The molecule has 1 aromatic heterocycles. The minimum atomic E-state index is 0.0286. The Balaban J connectivity index is 1.82. The molecule has 1 aliphatic rings. The van der Waals surface area contributed by atoms with Gasteiger partial charge in [0.25, 0.3) is 0 Å². The van der Waals surface area contributed by atoms with E-state index >= 15 is 0 Å². The van der Waals surface area contributed by atoms with Crippen LogP contribution < -0.4 is 10.6 Å². The smallest absolute Gasteiger partial charge is 0.220 e. The number of aromatic nitrogens is 1. The first-order valence-electron chi connectivity index (χ1n) is 6.13. The molecule has 0 aliphatic carbocycles. The Morgan fingerprint density at radius 1 is 1.71 bits per heavy atom. The average Bonchev–Trinajstić information content (AvgIpc) is 2.72. The number of nitrogens with zero attached hydrogens (tertiary/aromatic N) is 1. The van der Waals surface area contributed by atoms with Gasteiger partial charge in [-0.25, -0.2) is 4.98 Å². The molecule has 0 bridgehead atoms. The normalized spacial score (nSPS) is 17.5. The van der Waals surface area contributed by atoms with E-state index < -0.39 is 0 Å². The summed E-state index contributed by atoms with van der Waals surface area (Å²) >= 11 is 1.68. The molecular weight excluding hydrogens is 234 g/mol. The first-order valence-corrected chi connectivity index (χ1v) is 6.95. The van der Waals surface area contributed by atoms with Gasteiger partial charge in [0.15, 0.2) is 0 Å². The number of nitrogens with one attached hydrogen (secondary N) is 2. The van der Waals surface area contributed by atoms with E-state index in [4.69, 9.17) is 0 Å². The van der Waals surface area contributed by atoms with Gasteiger partial charge in [0.1, 0.15) is 5.01 Å². The fourth-order valence-electron chi connectivity index (χ4n) is 1.80. The zero-order valence-corrected chi connectivity index (χ0v) is 11.1. The van der Waals surface area contributed by atoms with Crippen LogP contribution >= 0.6 is 11.3 Å². The lowest BCUT2D eigenvalue weighted by molar-refractivity contribution is -0.123. The van der Waals surface area contributed by atoms with Crippen LogP contribution in [0.15, 0.2) is 6.20 Å². The molecule has 4 nitrogen and oxygen atoms in total. The van der Waals surface area contributed by atoms with Crippen LogP contribution in [0.2, 0.25) is 0 Å². The highest BCUT2D eigenvalue weighted by molar-refractivity contribution is 7.11. The largest absolute Gasteiger partial charge is 0.347 e. The van der Waals surface area contributed by atoms with Gasteiger partial charge in [0, 0.05) is 17.5 Å². The Labute approximate surface area is 106 Å². The van der Waals surface area contributed by atoms with Crippen LogP contribution in [0.4, 0.5) is 0 Å². The molecule has 1 aliphatic heterocycles. The van der Waals surface area contributed by atoms with Gasteiger partial charge in [-0.05, 0) is 32.4 Å². The average molecular weight is 253 g/mol. The van der Waals surface area contributed by atoms with Crippen molar-refractivity contribution in [3.05, 3.63) is 16.1 Å². The van der Waals surface area contributed by atoms with E-state index in [9.17, 15) is 4.79 Å². The third-order valence-corrected chi connectivity index (χ3v) is 4.33. The summed E-state index contributed by atoms with van der Waals surface area (Å²) < 4.78 is 0. The van der Waals surface area contributed by atoms with E-state index in [1.54, 1.807) is 11.3 Å². The van der Waals surface area contributed by atoms with E-state index in [1.165, 1.54) is 4.88 Å². The Morgan fingerprint density at radius 2 is 2.47 bits per heavy atom. The Hall–Kier alpha value is -0.940. The molecule has 1 saturated heterocycles. The molecule has 1 amide bonds.